The highest BCUT2D eigenvalue weighted by Gasteiger charge is 2.56. The second kappa shape index (κ2) is 5.50. The molecule has 1 aliphatic heterocycles. The molecule has 1 saturated carbocycles. The highest BCUT2D eigenvalue weighted by Crippen LogP contribution is 2.44. The minimum Gasteiger partial charge on any atom is -0.379 e. The van der Waals surface area contributed by atoms with Gasteiger partial charge in [-0.3, -0.25) is 0 Å². The standard InChI is InChI=1S/C15H13BrClF2N3O/c1-6-10(16)9(18)4-7-12(6)20-15(17)21-14(7)22-2-3-23-5-8-11(19)13(8)22/h4,8,11,13H,2-3,5H2,1H3/t8-,11-,13-/m0/s1. The first-order chi connectivity index (χ1) is 11.0. The zero-order valence-electron chi connectivity index (χ0n) is 12.2. The highest BCUT2D eigenvalue weighted by molar-refractivity contribution is 9.10. The number of aryl methyl sites for hydroxylation is 1. The SMILES string of the molecule is Cc1c(Br)c(F)cc2c(N3CCOC[C@H]4[C@H](F)[C@H]43)nc(Cl)nc12. The van der Waals surface area contributed by atoms with E-state index in [4.69, 9.17) is 16.3 Å². The Morgan fingerprint density at radius 1 is 1.43 bits per heavy atom. The molecule has 23 heavy (non-hydrogen) atoms. The number of hydrogen-bond donors (Lipinski definition) is 0. The van der Waals surface area contributed by atoms with Crippen LogP contribution in [0, 0.1) is 18.7 Å². The fourth-order valence-corrected chi connectivity index (χ4v) is 3.70. The van der Waals surface area contributed by atoms with E-state index in [1.807, 2.05) is 4.90 Å². The van der Waals surface area contributed by atoms with Crippen molar-refractivity contribution in [1.82, 2.24) is 9.97 Å². The van der Waals surface area contributed by atoms with Crippen molar-refractivity contribution in [3.8, 4) is 0 Å². The van der Waals surface area contributed by atoms with Crippen LogP contribution in [0.25, 0.3) is 10.9 Å². The van der Waals surface area contributed by atoms with Crippen molar-refractivity contribution in [2.24, 2.45) is 5.92 Å². The van der Waals surface area contributed by atoms with E-state index in [9.17, 15) is 8.78 Å². The van der Waals surface area contributed by atoms with E-state index >= 15 is 0 Å². The zero-order valence-corrected chi connectivity index (χ0v) is 14.5. The van der Waals surface area contributed by atoms with Crippen LogP contribution >= 0.6 is 27.5 Å². The average Bonchev–Trinajstić information content (AvgIpc) is 3.21. The summed E-state index contributed by atoms with van der Waals surface area (Å²) in [7, 11) is 0. The normalized spacial score (nSPS) is 27.0. The van der Waals surface area contributed by atoms with Gasteiger partial charge in [0.05, 0.1) is 29.2 Å². The molecule has 0 spiro atoms. The summed E-state index contributed by atoms with van der Waals surface area (Å²) in [6.45, 7) is 3.12. The van der Waals surface area contributed by atoms with Gasteiger partial charge in [0.1, 0.15) is 17.8 Å². The van der Waals surface area contributed by atoms with Crippen molar-refractivity contribution >= 4 is 44.3 Å². The van der Waals surface area contributed by atoms with Crippen LogP contribution in [-0.4, -0.2) is 41.9 Å². The highest BCUT2D eigenvalue weighted by atomic mass is 79.9. The summed E-state index contributed by atoms with van der Waals surface area (Å²) in [6, 6.07) is 1.08. The summed E-state index contributed by atoms with van der Waals surface area (Å²) >= 11 is 9.28. The molecule has 0 unspecified atom stereocenters. The monoisotopic (exact) mass is 403 g/mol. The van der Waals surface area contributed by atoms with Gasteiger partial charge in [0.25, 0.3) is 0 Å². The molecule has 4 rings (SSSR count). The van der Waals surface area contributed by atoms with E-state index in [2.05, 4.69) is 25.9 Å². The molecule has 1 aromatic heterocycles. The predicted molar refractivity (Wildman–Crippen MR) is 87.3 cm³/mol. The van der Waals surface area contributed by atoms with Crippen LogP contribution < -0.4 is 4.90 Å². The second-order valence-corrected chi connectivity index (χ2v) is 7.01. The average molecular weight is 405 g/mol. The van der Waals surface area contributed by atoms with Crippen molar-refractivity contribution in [3.63, 3.8) is 0 Å². The van der Waals surface area contributed by atoms with Gasteiger partial charge in [-0.25, -0.2) is 13.8 Å². The molecule has 0 radical (unpaired) electrons. The molecule has 2 aliphatic rings. The topological polar surface area (TPSA) is 38.2 Å². The summed E-state index contributed by atoms with van der Waals surface area (Å²) < 4.78 is 34.0. The first-order valence-electron chi connectivity index (χ1n) is 7.29. The minimum absolute atomic E-state index is 0.0619. The van der Waals surface area contributed by atoms with Crippen LogP contribution in [0.4, 0.5) is 14.6 Å². The molecule has 3 atom stereocenters. The number of aromatic nitrogens is 2. The Morgan fingerprint density at radius 2 is 2.22 bits per heavy atom. The number of halogens is 4. The number of hydrogen-bond acceptors (Lipinski definition) is 4. The maximum Gasteiger partial charge on any atom is 0.224 e. The first kappa shape index (κ1) is 15.5. The summed E-state index contributed by atoms with van der Waals surface area (Å²) in [5, 5.41) is 0.597. The summed E-state index contributed by atoms with van der Waals surface area (Å²) in [4.78, 5) is 10.3. The van der Waals surface area contributed by atoms with Gasteiger partial charge in [0.2, 0.25) is 5.28 Å². The lowest BCUT2D eigenvalue weighted by molar-refractivity contribution is 0.131. The number of fused-ring (bicyclic) bond motifs is 2. The van der Waals surface area contributed by atoms with E-state index in [0.29, 0.717) is 46.5 Å². The molecule has 0 bridgehead atoms. The van der Waals surface area contributed by atoms with Gasteiger partial charge >= 0.3 is 0 Å². The number of rotatable bonds is 1. The van der Waals surface area contributed by atoms with E-state index in [1.165, 1.54) is 6.07 Å². The second-order valence-electron chi connectivity index (χ2n) is 5.88. The molecule has 8 heteroatoms. The Kier molecular flexibility index (Phi) is 3.70. The largest absolute Gasteiger partial charge is 0.379 e. The number of alkyl halides is 1. The lowest BCUT2D eigenvalue weighted by Gasteiger charge is -2.24. The molecule has 1 saturated heterocycles. The van der Waals surface area contributed by atoms with Gasteiger partial charge in [0.15, 0.2) is 0 Å². The zero-order chi connectivity index (χ0) is 16.3. The van der Waals surface area contributed by atoms with Crippen molar-refractivity contribution in [3.05, 3.63) is 27.2 Å². The fraction of sp³-hybridized carbons (Fsp3) is 0.467. The smallest absolute Gasteiger partial charge is 0.224 e. The van der Waals surface area contributed by atoms with Crippen LogP contribution in [0.2, 0.25) is 5.28 Å². The maximum atomic E-state index is 14.2. The number of anilines is 1. The van der Waals surface area contributed by atoms with E-state index < -0.39 is 12.0 Å². The van der Waals surface area contributed by atoms with Crippen LogP contribution in [0.5, 0.6) is 0 Å². The van der Waals surface area contributed by atoms with Crippen molar-refractivity contribution in [2.45, 2.75) is 19.1 Å². The number of nitrogens with zero attached hydrogens (tertiary/aromatic N) is 3. The van der Waals surface area contributed by atoms with Crippen LogP contribution in [0.15, 0.2) is 10.5 Å². The van der Waals surface area contributed by atoms with Crippen molar-refractivity contribution < 1.29 is 13.5 Å². The van der Waals surface area contributed by atoms with Gasteiger partial charge in [-0.05, 0) is 46.1 Å². The molecule has 2 fully saturated rings. The molecule has 0 N–H and O–H groups in total. The molecular formula is C15H13BrClF2N3O. The minimum atomic E-state index is -0.958. The van der Waals surface area contributed by atoms with Crippen LogP contribution in [-0.2, 0) is 4.74 Å². The van der Waals surface area contributed by atoms with Gasteiger partial charge in [-0.15, -0.1) is 0 Å². The Morgan fingerprint density at radius 3 is 3.00 bits per heavy atom. The quantitative estimate of drug-likeness (QED) is 0.680. The molecule has 122 valence electrons. The maximum absolute atomic E-state index is 14.2. The van der Waals surface area contributed by atoms with Gasteiger partial charge in [0, 0.05) is 17.8 Å². The third kappa shape index (κ3) is 2.40. The molecule has 1 aromatic carbocycles. The van der Waals surface area contributed by atoms with Crippen molar-refractivity contribution in [2.75, 3.05) is 24.7 Å². The lowest BCUT2D eigenvalue weighted by atomic mass is 10.1. The van der Waals surface area contributed by atoms with E-state index in [1.54, 1.807) is 6.92 Å². The van der Waals surface area contributed by atoms with Gasteiger partial charge in [-0.1, -0.05) is 0 Å². The van der Waals surface area contributed by atoms with E-state index in [-0.39, 0.29) is 17.2 Å². The molecule has 4 nitrogen and oxygen atoms in total. The van der Waals surface area contributed by atoms with Gasteiger partial charge < -0.3 is 9.64 Å². The lowest BCUT2D eigenvalue weighted by Crippen LogP contribution is -2.31. The summed E-state index contributed by atoms with van der Waals surface area (Å²) in [6.07, 6.45) is -0.958. The van der Waals surface area contributed by atoms with Gasteiger partial charge in [-0.2, -0.15) is 4.98 Å². The van der Waals surface area contributed by atoms with Crippen molar-refractivity contribution in [1.29, 1.82) is 0 Å². The van der Waals surface area contributed by atoms with Crippen LogP contribution in [0.1, 0.15) is 5.56 Å². The Hall–Kier alpha value is -1.05. The molecular weight excluding hydrogens is 392 g/mol. The Balaban J connectivity index is 1.92. The summed E-state index contributed by atoms with van der Waals surface area (Å²) in [5.41, 5.74) is 1.20. The molecule has 2 heterocycles. The number of ether oxygens (including phenoxy) is 1. The fourth-order valence-electron chi connectivity index (χ4n) is 3.23. The predicted octanol–water partition coefficient (Wildman–Crippen LogP) is 3.67. The van der Waals surface area contributed by atoms with E-state index in [0.717, 1.165) is 0 Å². The van der Waals surface area contributed by atoms with Crippen LogP contribution in [0.3, 0.4) is 0 Å². The third-order valence-electron chi connectivity index (χ3n) is 4.52. The third-order valence-corrected chi connectivity index (χ3v) is 5.66. The summed E-state index contributed by atoms with van der Waals surface area (Å²) in [5.74, 6) is -0.102. The molecule has 0 amide bonds. The first-order valence-corrected chi connectivity index (χ1v) is 8.46. The number of benzene rings is 1. The Bertz CT molecular complexity index is 806. The molecule has 1 aliphatic carbocycles. The molecule has 2 aromatic rings. The Labute approximate surface area is 144 Å².